The Morgan fingerprint density at radius 1 is 1.20 bits per heavy atom. The van der Waals surface area contributed by atoms with Crippen molar-refractivity contribution in [3.8, 4) is 0 Å². The molecule has 0 aromatic carbocycles. The van der Waals surface area contributed by atoms with Crippen molar-refractivity contribution in [3.05, 3.63) is 11.6 Å². The second-order valence-electron chi connectivity index (χ2n) is 5.36. The van der Waals surface area contributed by atoms with E-state index >= 15 is 0 Å². The molecule has 0 aromatic rings. The van der Waals surface area contributed by atoms with E-state index in [-0.39, 0.29) is 0 Å². The summed E-state index contributed by atoms with van der Waals surface area (Å²) in [6.07, 6.45) is 16.2. The molecule has 1 unspecified atom stereocenters. The van der Waals surface area contributed by atoms with Crippen LogP contribution in [0.2, 0.25) is 0 Å². The van der Waals surface area contributed by atoms with Crippen LogP contribution in [0.1, 0.15) is 64.2 Å². The monoisotopic (exact) mass is 207 g/mol. The summed E-state index contributed by atoms with van der Waals surface area (Å²) in [5.74, 6) is 0.992. The minimum absolute atomic E-state index is 0.384. The Bertz CT molecular complexity index is 213. The zero-order valence-corrected chi connectivity index (χ0v) is 9.88. The van der Waals surface area contributed by atoms with E-state index in [0.29, 0.717) is 6.04 Å². The van der Waals surface area contributed by atoms with Gasteiger partial charge in [-0.05, 0) is 38.0 Å². The van der Waals surface area contributed by atoms with Gasteiger partial charge in [-0.2, -0.15) is 0 Å². The van der Waals surface area contributed by atoms with Gasteiger partial charge in [0.25, 0.3) is 0 Å². The van der Waals surface area contributed by atoms with Crippen molar-refractivity contribution < 1.29 is 0 Å². The van der Waals surface area contributed by atoms with Crippen LogP contribution >= 0.6 is 0 Å². The summed E-state index contributed by atoms with van der Waals surface area (Å²) < 4.78 is 0. The highest BCUT2D eigenvalue weighted by atomic mass is 14.6. The maximum absolute atomic E-state index is 6.23. The molecule has 2 aliphatic carbocycles. The van der Waals surface area contributed by atoms with Crippen molar-refractivity contribution in [1.82, 2.24) is 0 Å². The molecule has 2 N–H and O–H groups in total. The molecule has 0 aromatic heterocycles. The van der Waals surface area contributed by atoms with Crippen molar-refractivity contribution in [2.24, 2.45) is 11.7 Å². The van der Waals surface area contributed by atoms with Crippen LogP contribution in [0.25, 0.3) is 0 Å². The third-order valence-electron chi connectivity index (χ3n) is 4.16. The number of nitrogens with two attached hydrogens (primary N) is 1. The minimum atomic E-state index is 0.384. The number of rotatable bonds is 4. The first-order valence-electron chi connectivity index (χ1n) is 6.81. The van der Waals surface area contributed by atoms with Gasteiger partial charge in [0.1, 0.15) is 0 Å². The molecule has 15 heavy (non-hydrogen) atoms. The molecule has 2 aliphatic rings. The van der Waals surface area contributed by atoms with Crippen LogP contribution in [0.4, 0.5) is 0 Å². The van der Waals surface area contributed by atoms with Crippen LogP contribution < -0.4 is 5.73 Å². The molecule has 0 saturated heterocycles. The van der Waals surface area contributed by atoms with Crippen molar-refractivity contribution in [3.63, 3.8) is 0 Å². The summed E-state index contributed by atoms with van der Waals surface area (Å²) in [7, 11) is 0. The van der Waals surface area contributed by atoms with Gasteiger partial charge in [-0.25, -0.2) is 0 Å². The highest BCUT2D eigenvalue weighted by Crippen LogP contribution is 2.29. The van der Waals surface area contributed by atoms with Gasteiger partial charge in [0.15, 0.2) is 0 Å². The number of hydrogen-bond acceptors (Lipinski definition) is 1. The maximum atomic E-state index is 6.23. The van der Waals surface area contributed by atoms with Crippen LogP contribution in [-0.4, -0.2) is 6.04 Å². The molecular weight excluding hydrogens is 182 g/mol. The molecule has 0 radical (unpaired) electrons. The molecule has 1 heteroatoms. The smallest absolute Gasteiger partial charge is 0.0253 e. The largest absolute Gasteiger partial charge is 0.324 e. The topological polar surface area (TPSA) is 26.0 Å². The van der Waals surface area contributed by atoms with E-state index in [1.54, 1.807) is 5.57 Å². The van der Waals surface area contributed by atoms with Crippen LogP contribution in [0.3, 0.4) is 0 Å². The van der Waals surface area contributed by atoms with Gasteiger partial charge < -0.3 is 5.73 Å². The van der Waals surface area contributed by atoms with E-state index in [9.17, 15) is 0 Å². The lowest BCUT2D eigenvalue weighted by Crippen LogP contribution is -2.23. The molecule has 0 aliphatic heterocycles. The zero-order chi connectivity index (χ0) is 10.5. The van der Waals surface area contributed by atoms with Gasteiger partial charge in [-0.1, -0.05) is 43.8 Å². The van der Waals surface area contributed by atoms with Gasteiger partial charge in [0.05, 0.1) is 0 Å². The van der Waals surface area contributed by atoms with Crippen molar-refractivity contribution in [1.29, 1.82) is 0 Å². The highest BCUT2D eigenvalue weighted by Gasteiger charge is 2.17. The fourth-order valence-electron chi connectivity index (χ4n) is 3.11. The summed E-state index contributed by atoms with van der Waals surface area (Å²) in [6.45, 7) is 0. The molecule has 0 bridgehead atoms. The third kappa shape index (κ3) is 3.34. The average molecular weight is 207 g/mol. The molecular formula is C14H25N. The van der Waals surface area contributed by atoms with Gasteiger partial charge >= 0.3 is 0 Å². The maximum Gasteiger partial charge on any atom is 0.0253 e. The highest BCUT2D eigenvalue weighted by molar-refractivity contribution is 5.14. The molecule has 2 rings (SSSR count). The second-order valence-corrected chi connectivity index (χ2v) is 5.36. The Hall–Kier alpha value is -0.300. The van der Waals surface area contributed by atoms with E-state index in [2.05, 4.69) is 6.08 Å². The molecule has 0 heterocycles. The first-order valence-corrected chi connectivity index (χ1v) is 6.81. The van der Waals surface area contributed by atoms with Gasteiger partial charge in [-0.15, -0.1) is 0 Å². The molecule has 0 spiro atoms. The lowest BCUT2D eigenvalue weighted by Gasteiger charge is -2.23. The summed E-state index contributed by atoms with van der Waals surface area (Å²) in [5.41, 5.74) is 7.77. The lowest BCUT2D eigenvalue weighted by molar-refractivity contribution is 0.327. The van der Waals surface area contributed by atoms with Crippen LogP contribution in [-0.2, 0) is 0 Å². The van der Waals surface area contributed by atoms with Gasteiger partial charge in [-0.3, -0.25) is 0 Å². The first kappa shape index (κ1) is 11.2. The van der Waals surface area contributed by atoms with Crippen molar-refractivity contribution in [2.75, 3.05) is 0 Å². The Balaban J connectivity index is 1.67. The fraction of sp³-hybridized carbons (Fsp3) is 0.857. The van der Waals surface area contributed by atoms with Gasteiger partial charge in [0, 0.05) is 6.04 Å². The van der Waals surface area contributed by atoms with E-state index in [1.165, 1.54) is 64.2 Å². The summed E-state index contributed by atoms with van der Waals surface area (Å²) in [6, 6.07) is 0.384. The van der Waals surface area contributed by atoms with Crippen molar-refractivity contribution in [2.45, 2.75) is 70.3 Å². The first-order chi connectivity index (χ1) is 7.36. The molecule has 1 nitrogen and oxygen atoms in total. The molecule has 1 fully saturated rings. The fourth-order valence-corrected chi connectivity index (χ4v) is 3.11. The number of hydrogen-bond donors (Lipinski definition) is 1. The Kier molecular flexibility index (Phi) is 4.25. The van der Waals surface area contributed by atoms with Crippen LogP contribution in [0.15, 0.2) is 11.6 Å². The predicted octanol–water partition coefficient (Wildman–Crippen LogP) is 3.78. The lowest BCUT2D eigenvalue weighted by atomic mass is 9.84. The van der Waals surface area contributed by atoms with Gasteiger partial charge in [0.2, 0.25) is 0 Å². The van der Waals surface area contributed by atoms with Crippen molar-refractivity contribution >= 4 is 0 Å². The third-order valence-corrected chi connectivity index (χ3v) is 4.16. The molecule has 1 saturated carbocycles. The summed E-state index contributed by atoms with van der Waals surface area (Å²) in [5, 5.41) is 0. The Labute approximate surface area is 94.1 Å². The average Bonchev–Trinajstić information content (AvgIpc) is 2.81. The normalized spacial score (nSPS) is 25.3. The minimum Gasteiger partial charge on any atom is -0.324 e. The predicted molar refractivity (Wildman–Crippen MR) is 65.7 cm³/mol. The van der Waals surface area contributed by atoms with Crippen LogP contribution in [0, 0.1) is 5.92 Å². The SMILES string of the molecule is NC(CCC1CCCCC1)C1=CCCC1. The second kappa shape index (κ2) is 5.69. The zero-order valence-electron chi connectivity index (χ0n) is 9.88. The molecule has 1 atom stereocenters. The standard InChI is InChI=1S/C14H25N/c15-14(13-8-4-5-9-13)11-10-12-6-2-1-3-7-12/h8,12,14H,1-7,9-11,15H2. The van der Waals surface area contributed by atoms with E-state index in [0.717, 1.165) is 5.92 Å². The summed E-state index contributed by atoms with van der Waals surface area (Å²) >= 11 is 0. The number of allylic oxidation sites excluding steroid dienone is 1. The Morgan fingerprint density at radius 2 is 2.00 bits per heavy atom. The molecule has 86 valence electrons. The molecule has 0 amide bonds. The van der Waals surface area contributed by atoms with E-state index in [4.69, 9.17) is 5.73 Å². The van der Waals surface area contributed by atoms with E-state index in [1.807, 2.05) is 0 Å². The summed E-state index contributed by atoms with van der Waals surface area (Å²) in [4.78, 5) is 0. The quantitative estimate of drug-likeness (QED) is 0.697. The Morgan fingerprint density at radius 3 is 2.67 bits per heavy atom. The van der Waals surface area contributed by atoms with E-state index < -0.39 is 0 Å². The van der Waals surface area contributed by atoms with Crippen LogP contribution in [0.5, 0.6) is 0 Å².